The number of allylic oxidation sites excluding steroid dienone is 1. The van der Waals surface area contributed by atoms with Crippen molar-refractivity contribution in [3.63, 3.8) is 0 Å². The van der Waals surface area contributed by atoms with Gasteiger partial charge >= 0.3 is 5.97 Å². The smallest absolute Gasteiger partial charge is 0.305 e. The highest BCUT2D eigenvalue weighted by Gasteiger charge is 2.30. The summed E-state index contributed by atoms with van der Waals surface area (Å²) in [5.41, 5.74) is 3.15. The van der Waals surface area contributed by atoms with Crippen molar-refractivity contribution in [2.24, 2.45) is 5.92 Å². The SMILES string of the molecule is COC(=O)CC1CCCC(N2CCC(N/C=C(\C=N)c3cnc4ccccc4n3)CC2)C1. The van der Waals surface area contributed by atoms with Crippen molar-refractivity contribution in [2.75, 3.05) is 20.2 Å². The van der Waals surface area contributed by atoms with Crippen molar-refractivity contribution in [2.45, 2.75) is 57.0 Å². The summed E-state index contributed by atoms with van der Waals surface area (Å²) in [6.07, 6.45) is 12.4. The van der Waals surface area contributed by atoms with Gasteiger partial charge < -0.3 is 20.4 Å². The van der Waals surface area contributed by atoms with E-state index in [1.54, 1.807) is 6.20 Å². The molecule has 1 aromatic heterocycles. The van der Waals surface area contributed by atoms with Gasteiger partial charge in [-0.1, -0.05) is 18.6 Å². The number of hydrogen-bond acceptors (Lipinski definition) is 7. The van der Waals surface area contributed by atoms with Crippen LogP contribution in [0.25, 0.3) is 16.6 Å². The Morgan fingerprint density at radius 2 is 2.00 bits per heavy atom. The Hall–Kier alpha value is -2.80. The molecule has 2 fully saturated rings. The number of aromatic nitrogens is 2. The molecule has 0 spiro atoms. The third kappa shape index (κ3) is 5.51. The minimum Gasteiger partial charge on any atom is -0.469 e. The zero-order valence-corrected chi connectivity index (χ0v) is 18.8. The van der Waals surface area contributed by atoms with Gasteiger partial charge in [-0.15, -0.1) is 0 Å². The van der Waals surface area contributed by atoms with Crippen LogP contribution in [0.15, 0.2) is 36.7 Å². The Labute approximate surface area is 189 Å². The number of nitrogens with one attached hydrogen (secondary N) is 2. The fraction of sp³-hybridized carbons (Fsp3) is 0.520. The van der Waals surface area contributed by atoms with Gasteiger partial charge in [0, 0.05) is 49.6 Å². The van der Waals surface area contributed by atoms with Crippen molar-refractivity contribution >= 4 is 28.8 Å². The van der Waals surface area contributed by atoms with Crippen molar-refractivity contribution < 1.29 is 9.53 Å². The molecule has 1 aliphatic heterocycles. The van der Waals surface area contributed by atoms with Crippen LogP contribution in [0.5, 0.6) is 0 Å². The van der Waals surface area contributed by atoms with E-state index in [0.29, 0.717) is 30.1 Å². The van der Waals surface area contributed by atoms with E-state index in [2.05, 4.69) is 20.2 Å². The quantitative estimate of drug-likeness (QED) is 0.508. The summed E-state index contributed by atoms with van der Waals surface area (Å²) in [6, 6.07) is 8.76. The standard InChI is InChI=1S/C25H33N5O2/c1-32-25(31)14-18-5-4-6-21(13-18)30-11-9-20(10-12-30)27-16-19(15-26)24-17-28-22-7-2-3-8-23(22)29-24/h2-3,7-8,15-18,20-21,26-27H,4-6,9-14H2,1H3/b19-16+,26-15?. The maximum Gasteiger partial charge on any atom is 0.305 e. The lowest BCUT2D eigenvalue weighted by atomic mass is 9.82. The van der Waals surface area contributed by atoms with E-state index in [1.165, 1.54) is 26.2 Å². The van der Waals surface area contributed by atoms with Gasteiger partial charge in [-0.2, -0.15) is 0 Å². The van der Waals surface area contributed by atoms with Crippen molar-refractivity contribution in [1.82, 2.24) is 20.2 Å². The molecule has 0 bridgehead atoms. The van der Waals surface area contributed by atoms with Gasteiger partial charge in [-0.05, 0) is 50.2 Å². The third-order valence-electron chi connectivity index (χ3n) is 6.86. The number of carbonyl (C=O) groups excluding carboxylic acids is 1. The number of fused-ring (bicyclic) bond motifs is 1. The number of rotatable bonds is 7. The number of methoxy groups -OCH3 is 1. The number of piperidine rings is 1. The van der Waals surface area contributed by atoms with Crippen LogP contribution >= 0.6 is 0 Å². The Kier molecular flexibility index (Phi) is 7.47. The van der Waals surface area contributed by atoms with Crippen molar-refractivity contribution in [3.05, 3.63) is 42.4 Å². The molecular formula is C25H33N5O2. The first-order valence-corrected chi connectivity index (χ1v) is 11.7. The van der Waals surface area contributed by atoms with Crippen molar-refractivity contribution in [1.29, 1.82) is 5.41 Å². The van der Waals surface area contributed by atoms with Crippen LogP contribution in [0, 0.1) is 11.3 Å². The molecule has 170 valence electrons. The average molecular weight is 436 g/mol. The summed E-state index contributed by atoms with van der Waals surface area (Å²) in [6.45, 7) is 2.13. The van der Waals surface area contributed by atoms with Gasteiger partial charge in [0.25, 0.3) is 0 Å². The first kappa shape index (κ1) is 22.4. The van der Waals surface area contributed by atoms with Crippen LogP contribution in [0.1, 0.15) is 50.6 Å². The molecule has 7 heteroatoms. The predicted octanol–water partition coefficient (Wildman–Crippen LogP) is 3.80. The van der Waals surface area contributed by atoms with Crippen LogP contribution in [0.3, 0.4) is 0 Å². The van der Waals surface area contributed by atoms with Crippen LogP contribution in [-0.2, 0) is 9.53 Å². The summed E-state index contributed by atoms with van der Waals surface area (Å²) in [5, 5.41) is 11.3. The molecule has 1 saturated carbocycles. The Morgan fingerprint density at radius 1 is 1.22 bits per heavy atom. The molecule has 0 amide bonds. The minimum absolute atomic E-state index is 0.0801. The molecule has 32 heavy (non-hydrogen) atoms. The summed E-state index contributed by atoms with van der Waals surface area (Å²) in [7, 11) is 1.48. The van der Waals surface area contributed by atoms with Gasteiger partial charge in [0.05, 0.1) is 30.0 Å². The van der Waals surface area contributed by atoms with E-state index in [-0.39, 0.29) is 5.97 Å². The molecule has 4 rings (SSSR count). The van der Waals surface area contributed by atoms with E-state index in [9.17, 15) is 4.79 Å². The summed E-state index contributed by atoms with van der Waals surface area (Å²) in [5.74, 6) is 0.377. The van der Waals surface area contributed by atoms with E-state index in [4.69, 9.17) is 10.1 Å². The van der Waals surface area contributed by atoms with Crippen LogP contribution in [-0.4, -0.2) is 59.3 Å². The van der Waals surface area contributed by atoms with Crippen LogP contribution in [0.4, 0.5) is 0 Å². The molecule has 2 atom stereocenters. The molecule has 2 N–H and O–H groups in total. The highest BCUT2D eigenvalue weighted by Crippen LogP contribution is 2.31. The summed E-state index contributed by atoms with van der Waals surface area (Å²) >= 11 is 0. The van der Waals surface area contributed by atoms with Crippen LogP contribution in [0.2, 0.25) is 0 Å². The zero-order valence-electron chi connectivity index (χ0n) is 18.8. The van der Waals surface area contributed by atoms with Gasteiger partial charge in [0.15, 0.2) is 0 Å². The first-order valence-electron chi connectivity index (χ1n) is 11.7. The Balaban J connectivity index is 1.30. The van der Waals surface area contributed by atoms with Gasteiger partial charge in [-0.3, -0.25) is 9.78 Å². The second kappa shape index (κ2) is 10.7. The largest absolute Gasteiger partial charge is 0.469 e. The molecule has 7 nitrogen and oxygen atoms in total. The van der Waals surface area contributed by atoms with E-state index < -0.39 is 0 Å². The average Bonchev–Trinajstić information content (AvgIpc) is 2.85. The zero-order chi connectivity index (χ0) is 22.3. The third-order valence-corrected chi connectivity index (χ3v) is 6.86. The predicted molar refractivity (Wildman–Crippen MR) is 126 cm³/mol. The van der Waals surface area contributed by atoms with E-state index >= 15 is 0 Å². The molecule has 1 saturated heterocycles. The molecule has 1 aliphatic carbocycles. The highest BCUT2D eigenvalue weighted by molar-refractivity contribution is 6.07. The second-order valence-electron chi connectivity index (χ2n) is 8.93. The molecular weight excluding hydrogens is 402 g/mol. The second-order valence-corrected chi connectivity index (χ2v) is 8.93. The topological polar surface area (TPSA) is 91.2 Å². The number of benzene rings is 1. The minimum atomic E-state index is -0.0801. The van der Waals surface area contributed by atoms with Gasteiger partial charge in [-0.25, -0.2) is 4.98 Å². The Morgan fingerprint density at radius 3 is 2.75 bits per heavy atom. The number of ether oxygens (including phenoxy) is 1. The van der Waals surface area contributed by atoms with Crippen LogP contribution < -0.4 is 5.32 Å². The number of esters is 1. The number of para-hydroxylation sites is 2. The van der Waals surface area contributed by atoms with E-state index in [1.807, 2.05) is 30.5 Å². The molecule has 0 radical (unpaired) electrons. The molecule has 2 heterocycles. The summed E-state index contributed by atoms with van der Waals surface area (Å²) < 4.78 is 4.87. The molecule has 1 aromatic carbocycles. The van der Waals surface area contributed by atoms with Crippen molar-refractivity contribution in [3.8, 4) is 0 Å². The van der Waals surface area contributed by atoms with Gasteiger partial charge in [0.2, 0.25) is 0 Å². The normalized spacial score (nSPS) is 23.1. The highest BCUT2D eigenvalue weighted by atomic mass is 16.5. The lowest BCUT2D eigenvalue weighted by Gasteiger charge is -2.41. The lowest BCUT2D eigenvalue weighted by Crippen LogP contribution is -2.47. The maximum absolute atomic E-state index is 11.7. The molecule has 2 aromatic rings. The Bertz CT molecular complexity index is 968. The van der Waals surface area contributed by atoms with Gasteiger partial charge in [0.1, 0.15) is 0 Å². The number of carbonyl (C=O) groups is 1. The fourth-order valence-electron chi connectivity index (χ4n) is 5.02. The monoisotopic (exact) mass is 435 g/mol. The molecule has 2 aliphatic rings. The number of nitrogens with zero attached hydrogens (tertiary/aromatic N) is 3. The lowest BCUT2D eigenvalue weighted by molar-refractivity contribution is -0.142. The molecule has 2 unspecified atom stereocenters. The fourth-order valence-corrected chi connectivity index (χ4v) is 5.02. The first-order chi connectivity index (χ1) is 15.7. The number of likely N-dealkylation sites (tertiary alicyclic amines) is 1. The van der Waals surface area contributed by atoms with E-state index in [0.717, 1.165) is 55.4 Å². The maximum atomic E-state index is 11.7. The summed E-state index contributed by atoms with van der Waals surface area (Å²) in [4.78, 5) is 23.4. The number of hydrogen-bond donors (Lipinski definition) is 2.